The molecule has 0 saturated carbocycles. The summed E-state index contributed by atoms with van der Waals surface area (Å²) in [5, 5.41) is 5.00. The Morgan fingerprint density at radius 2 is 1.91 bits per heavy atom. The van der Waals surface area contributed by atoms with Crippen molar-refractivity contribution < 1.29 is 33.3 Å². The first-order valence-corrected chi connectivity index (χ1v) is 12.2. The Morgan fingerprint density at radius 1 is 1.11 bits per heavy atom. The van der Waals surface area contributed by atoms with Crippen LogP contribution in [0.1, 0.15) is 52.7 Å². The number of fused-ring (bicyclic) bond motifs is 1. The molecule has 2 aromatic carbocycles. The molecule has 0 fully saturated rings. The minimum Gasteiger partial charge on any atom is -0.493 e. The lowest BCUT2D eigenvalue weighted by Gasteiger charge is -2.26. The number of carbonyl (C=O) groups is 2. The number of hydrogen-bond acceptors (Lipinski definition) is 8. The summed E-state index contributed by atoms with van der Waals surface area (Å²) in [7, 11) is 1.52. The molecule has 0 saturated heterocycles. The SMILES string of the molecule is CCCOc1ccc(C(=O)Nc2scc(C3COc4ccccc4O3)c2C(=O)OCC)cc1OC. The summed E-state index contributed by atoms with van der Waals surface area (Å²) in [5.41, 5.74) is 1.22. The van der Waals surface area contributed by atoms with E-state index in [2.05, 4.69) is 5.32 Å². The number of ether oxygens (including phenoxy) is 5. The highest BCUT2D eigenvalue weighted by Gasteiger charge is 2.31. The molecule has 0 aliphatic carbocycles. The quantitative estimate of drug-likeness (QED) is 0.391. The van der Waals surface area contributed by atoms with Crippen molar-refractivity contribution in [1.82, 2.24) is 0 Å². The minimum absolute atomic E-state index is 0.197. The summed E-state index contributed by atoms with van der Waals surface area (Å²) < 4.78 is 28.3. The van der Waals surface area contributed by atoms with Crippen molar-refractivity contribution in [3.63, 3.8) is 0 Å². The van der Waals surface area contributed by atoms with Crippen LogP contribution < -0.4 is 24.3 Å². The van der Waals surface area contributed by atoms with Gasteiger partial charge in [0, 0.05) is 16.5 Å². The largest absolute Gasteiger partial charge is 0.493 e. The molecule has 184 valence electrons. The number of carbonyl (C=O) groups excluding carboxylic acids is 2. The van der Waals surface area contributed by atoms with E-state index in [4.69, 9.17) is 23.7 Å². The first-order chi connectivity index (χ1) is 17.0. The summed E-state index contributed by atoms with van der Waals surface area (Å²) in [6, 6.07) is 12.3. The highest BCUT2D eigenvalue weighted by atomic mass is 32.1. The number of benzene rings is 2. The number of amides is 1. The monoisotopic (exact) mass is 497 g/mol. The van der Waals surface area contributed by atoms with Gasteiger partial charge < -0.3 is 29.0 Å². The normalized spacial score (nSPS) is 14.2. The van der Waals surface area contributed by atoms with Crippen LogP contribution in [-0.2, 0) is 4.74 Å². The van der Waals surface area contributed by atoms with E-state index in [9.17, 15) is 9.59 Å². The van der Waals surface area contributed by atoms with Crippen molar-refractivity contribution in [1.29, 1.82) is 0 Å². The zero-order valence-electron chi connectivity index (χ0n) is 19.8. The van der Waals surface area contributed by atoms with Crippen molar-refractivity contribution in [3.8, 4) is 23.0 Å². The molecule has 1 amide bonds. The summed E-state index contributed by atoms with van der Waals surface area (Å²) in [6.07, 6.45) is 0.325. The van der Waals surface area contributed by atoms with Crippen LogP contribution in [-0.4, -0.2) is 38.8 Å². The second-order valence-corrected chi connectivity index (χ2v) is 8.53. The average molecular weight is 498 g/mol. The standard InChI is InChI=1S/C26H27NO7S/c1-4-12-32-19-11-10-16(13-21(19)30-3)24(28)27-25-23(26(29)31-5-2)17(15-35-25)22-14-33-18-8-6-7-9-20(18)34-22/h6-11,13,15,22H,4-5,12,14H2,1-3H3,(H,27,28). The lowest BCUT2D eigenvalue weighted by molar-refractivity contribution is 0.0513. The number of para-hydroxylation sites is 2. The molecular weight excluding hydrogens is 470 g/mol. The number of nitrogens with one attached hydrogen (secondary N) is 1. The second kappa shape index (κ2) is 11.1. The lowest BCUT2D eigenvalue weighted by atomic mass is 10.1. The van der Waals surface area contributed by atoms with Crippen LogP contribution >= 0.6 is 11.3 Å². The third-order valence-electron chi connectivity index (χ3n) is 5.27. The molecule has 0 bridgehead atoms. The van der Waals surface area contributed by atoms with Gasteiger partial charge in [-0.15, -0.1) is 11.3 Å². The number of rotatable bonds is 9. The average Bonchev–Trinajstić information content (AvgIpc) is 3.30. The van der Waals surface area contributed by atoms with E-state index in [1.54, 1.807) is 30.5 Å². The summed E-state index contributed by atoms with van der Waals surface area (Å²) in [5.74, 6) is 1.32. The van der Waals surface area contributed by atoms with Gasteiger partial charge in [0.25, 0.3) is 5.91 Å². The molecule has 1 aliphatic heterocycles. The Morgan fingerprint density at radius 3 is 2.66 bits per heavy atom. The van der Waals surface area contributed by atoms with E-state index in [-0.39, 0.29) is 18.8 Å². The number of hydrogen-bond donors (Lipinski definition) is 1. The Kier molecular flexibility index (Phi) is 7.77. The van der Waals surface area contributed by atoms with Crippen LogP contribution in [0.2, 0.25) is 0 Å². The molecule has 0 radical (unpaired) electrons. The molecule has 3 aromatic rings. The third kappa shape index (κ3) is 5.35. The fourth-order valence-corrected chi connectivity index (χ4v) is 4.59. The number of esters is 1. The molecule has 1 atom stereocenters. The van der Waals surface area contributed by atoms with Gasteiger partial charge in [0.15, 0.2) is 29.1 Å². The topological polar surface area (TPSA) is 92.3 Å². The lowest BCUT2D eigenvalue weighted by Crippen LogP contribution is -2.24. The van der Waals surface area contributed by atoms with Crippen LogP contribution in [0.5, 0.6) is 23.0 Å². The van der Waals surface area contributed by atoms with E-state index >= 15 is 0 Å². The maximum absolute atomic E-state index is 13.1. The minimum atomic E-state index is -0.539. The zero-order chi connectivity index (χ0) is 24.8. The van der Waals surface area contributed by atoms with Crippen LogP contribution in [0.4, 0.5) is 5.00 Å². The van der Waals surface area contributed by atoms with Crippen molar-refractivity contribution in [2.45, 2.75) is 26.4 Å². The first kappa shape index (κ1) is 24.4. The summed E-state index contributed by atoms with van der Waals surface area (Å²) in [4.78, 5) is 26.0. The van der Waals surface area contributed by atoms with Crippen LogP contribution in [0.25, 0.3) is 0 Å². The van der Waals surface area contributed by atoms with Crippen molar-refractivity contribution >= 4 is 28.2 Å². The van der Waals surface area contributed by atoms with Gasteiger partial charge in [0.05, 0.1) is 20.3 Å². The Bertz CT molecular complexity index is 1210. The van der Waals surface area contributed by atoms with Crippen molar-refractivity contribution in [2.24, 2.45) is 0 Å². The van der Waals surface area contributed by atoms with Crippen LogP contribution in [0, 0.1) is 0 Å². The smallest absolute Gasteiger partial charge is 0.341 e. The van der Waals surface area contributed by atoms with Gasteiger partial charge in [-0.1, -0.05) is 19.1 Å². The zero-order valence-corrected chi connectivity index (χ0v) is 20.6. The highest BCUT2D eigenvalue weighted by Crippen LogP contribution is 2.40. The summed E-state index contributed by atoms with van der Waals surface area (Å²) in [6.45, 7) is 4.70. The number of thiophene rings is 1. The molecule has 2 heterocycles. The Hall–Kier alpha value is -3.72. The molecule has 1 unspecified atom stereocenters. The molecule has 35 heavy (non-hydrogen) atoms. The number of anilines is 1. The molecule has 9 heteroatoms. The second-order valence-electron chi connectivity index (χ2n) is 7.65. The van der Waals surface area contributed by atoms with Gasteiger partial charge in [0.1, 0.15) is 17.2 Å². The number of methoxy groups -OCH3 is 1. The maximum atomic E-state index is 13.1. The third-order valence-corrected chi connectivity index (χ3v) is 6.18. The fourth-order valence-electron chi connectivity index (χ4n) is 3.60. The van der Waals surface area contributed by atoms with Crippen molar-refractivity contribution in [3.05, 3.63) is 64.5 Å². The molecule has 8 nitrogen and oxygen atoms in total. The van der Waals surface area contributed by atoms with E-state index in [1.807, 2.05) is 31.2 Å². The molecule has 0 spiro atoms. The maximum Gasteiger partial charge on any atom is 0.341 e. The van der Waals surface area contributed by atoms with Gasteiger partial charge in [-0.25, -0.2) is 4.79 Å². The molecular formula is C26H27NO7S. The molecule has 1 aromatic heterocycles. The van der Waals surface area contributed by atoms with E-state index in [1.165, 1.54) is 18.4 Å². The predicted molar refractivity (Wildman–Crippen MR) is 132 cm³/mol. The van der Waals surface area contributed by atoms with Gasteiger partial charge in [-0.05, 0) is 43.7 Å². The van der Waals surface area contributed by atoms with Crippen LogP contribution in [0.3, 0.4) is 0 Å². The van der Waals surface area contributed by atoms with Gasteiger partial charge in [-0.2, -0.15) is 0 Å². The first-order valence-electron chi connectivity index (χ1n) is 11.3. The van der Waals surface area contributed by atoms with Crippen molar-refractivity contribution in [2.75, 3.05) is 32.2 Å². The molecule has 1 aliphatic rings. The van der Waals surface area contributed by atoms with Gasteiger partial charge in [-0.3, -0.25) is 4.79 Å². The predicted octanol–water partition coefficient (Wildman–Crippen LogP) is 5.49. The summed E-state index contributed by atoms with van der Waals surface area (Å²) >= 11 is 1.23. The van der Waals surface area contributed by atoms with Gasteiger partial charge >= 0.3 is 5.97 Å². The molecule has 1 N–H and O–H groups in total. The van der Waals surface area contributed by atoms with Crippen LogP contribution in [0.15, 0.2) is 47.8 Å². The molecule has 4 rings (SSSR count). The highest BCUT2D eigenvalue weighted by molar-refractivity contribution is 7.15. The van der Waals surface area contributed by atoms with E-state index in [0.29, 0.717) is 45.7 Å². The fraction of sp³-hybridized carbons (Fsp3) is 0.308. The van der Waals surface area contributed by atoms with E-state index < -0.39 is 18.0 Å². The Balaban J connectivity index is 1.60. The van der Waals surface area contributed by atoms with Gasteiger partial charge in [0.2, 0.25) is 0 Å². The Labute approximate surface area is 207 Å². The van der Waals surface area contributed by atoms with E-state index in [0.717, 1.165) is 6.42 Å².